The lowest BCUT2D eigenvalue weighted by atomic mass is 9.82. The van der Waals surface area contributed by atoms with E-state index < -0.39 is 0 Å². The minimum absolute atomic E-state index is 0.600. The van der Waals surface area contributed by atoms with E-state index in [1.54, 1.807) is 0 Å². The van der Waals surface area contributed by atoms with Crippen LogP contribution in [0.4, 0.5) is 0 Å². The van der Waals surface area contributed by atoms with Gasteiger partial charge in [-0.3, -0.25) is 4.90 Å². The first-order valence-corrected chi connectivity index (χ1v) is 6.15. The van der Waals surface area contributed by atoms with Gasteiger partial charge < -0.3 is 5.73 Å². The Kier molecular flexibility index (Phi) is 4.39. The lowest BCUT2D eigenvalue weighted by Gasteiger charge is -2.30. The average Bonchev–Trinajstić information content (AvgIpc) is 2.65. The second-order valence-electron chi connectivity index (χ2n) is 4.73. The standard InChI is InChI=1S/C12H26N2/c1-4-11(9-13)14-8-7-12(5-2,6-3)10-14/h11H,4-10,13H2,1-3H3. The molecular formula is C12H26N2. The zero-order chi connectivity index (χ0) is 10.6. The van der Waals surface area contributed by atoms with Crippen LogP contribution in [0.25, 0.3) is 0 Å². The van der Waals surface area contributed by atoms with Gasteiger partial charge in [0.25, 0.3) is 0 Å². The quantitative estimate of drug-likeness (QED) is 0.734. The van der Waals surface area contributed by atoms with Crippen LogP contribution in [0, 0.1) is 5.41 Å². The van der Waals surface area contributed by atoms with Gasteiger partial charge in [-0.25, -0.2) is 0 Å². The lowest BCUT2D eigenvalue weighted by molar-refractivity contribution is 0.193. The Bertz CT molecular complexity index is 160. The molecule has 1 fully saturated rings. The third kappa shape index (κ3) is 2.29. The van der Waals surface area contributed by atoms with Crippen LogP contribution in [0.2, 0.25) is 0 Å². The molecule has 1 heterocycles. The first kappa shape index (κ1) is 12.0. The molecular weight excluding hydrogens is 172 g/mol. The van der Waals surface area contributed by atoms with E-state index in [-0.39, 0.29) is 0 Å². The molecule has 0 aliphatic carbocycles. The highest BCUT2D eigenvalue weighted by molar-refractivity contribution is 4.90. The molecule has 0 aromatic carbocycles. The van der Waals surface area contributed by atoms with Crippen molar-refractivity contribution in [1.29, 1.82) is 0 Å². The maximum atomic E-state index is 5.79. The molecule has 0 aromatic heterocycles. The molecule has 1 aliphatic rings. The molecule has 14 heavy (non-hydrogen) atoms. The third-order valence-electron chi connectivity index (χ3n) is 4.23. The molecule has 0 saturated carbocycles. The molecule has 2 N–H and O–H groups in total. The molecule has 2 heteroatoms. The van der Waals surface area contributed by atoms with Crippen molar-refractivity contribution in [2.75, 3.05) is 19.6 Å². The molecule has 1 atom stereocenters. The summed E-state index contributed by atoms with van der Waals surface area (Å²) in [5, 5.41) is 0. The normalized spacial score (nSPS) is 24.0. The maximum absolute atomic E-state index is 5.79. The van der Waals surface area contributed by atoms with Gasteiger partial charge in [0.15, 0.2) is 0 Å². The first-order valence-electron chi connectivity index (χ1n) is 6.15. The van der Waals surface area contributed by atoms with Crippen LogP contribution in [0.5, 0.6) is 0 Å². The number of rotatable bonds is 5. The molecule has 0 aromatic rings. The Morgan fingerprint density at radius 2 is 1.93 bits per heavy atom. The zero-order valence-corrected chi connectivity index (χ0v) is 10.1. The molecule has 84 valence electrons. The van der Waals surface area contributed by atoms with E-state index >= 15 is 0 Å². The van der Waals surface area contributed by atoms with E-state index in [2.05, 4.69) is 25.7 Å². The van der Waals surface area contributed by atoms with Crippen molar-refractivity contribution < 1.29 is 0 Å². The van der Waals surface area contributed by atoms with Crippen LogP contribution in [0.3, 0.4) is 0 Å². The van der Waals surface area contributed by atoms with Gasteiger partial charge in [0.1, 0.15) is 0 Å². The summed E-state index contributed by atoms with van der Waals surface area (Å²) in [6.45, 7) is 10.3. The van der Waals surface area contributed by atoms with E-state index in [0.29, 0.717) is 11.5 Å². The van der Waals surface area contributed by atoms with Crippen LogP contribution >= 0.6 is 0 Å². The number of nitrogens with two attached hydrogens (primary N) is 1. The van der Waals surface area contributed by atoms with Gasteiger partial charge in [-0.15, -0.1) is 0 Å². The van der Waals surface area contributed by atoms with Crippen molar-refractivity contribution in [1.82, 2.24) is 4.90 Å². The topological polar surface area (TPSA) is 29.3 Å². The molecule has 1 saturated heterocycles. The van der Waals surface area contributed by atoms with E-state index in [1.165, 1.54) is 38.8 Å². The Balaban J connectivity index is 2.54. The molecule has 2 nitrogen and oxygen atoms in total. The summed E-state index contributed by atoms with van der Waals surface area (Å²) in [6, 6.07) is 0.620. The van der Waals surface area contributed by atoms with E-state index in [0.717, 1.165) is 6.54 Å². The van der Waals surface area contributed by atoms with Crippen molar-refractivity contribution >= 4 is 0 Å². The lowest BCUT2D eigenvalue weighted by Crippen LogP contribution is -2.39. The van der Waals surface area contributed by atoms with Gasteiger partial charge in [0.05, 0.1) is 0 Å². The monoisotopic (exact) mass is 198 g/mol. The second-order valence-corrected chi connectivity index (χ2v) is 4.73. The van der Waals surface area contributed by atoms with E-state index in [4.69, 9.17) is 5.73 Å². The summed E-state index contributed by atoms with van der Waals surface area (Å²) in [5.74, 6) is 0. The molecule has 0 amide bonds. The first-order chi connectivity index (χ1) is 6.71. The van der Waals surface area contributed by atoms with E-state index in [1.807, 2.05) is 0 Å². The Morgan fingerprint density at radius 3 is 2.29 bits per heavy atom. The van der Waals surface area contributed by atoms with Crippen molar-refractivity contribution in [2.24, 2.45) is 11.1 Å². The molecule has 0 spiro atoms. The van der Waals surface area contributed by atoms with Crippen LogP contribution in [-0.2, 0) is 0 Å². The molecule has 1 rings (SSSR count). The maximum Gasteiger partial charge on any atom is 0.0216 e. The minimum Gasteiger partial charge on any atom is -0.329 e. The Labute approximate surface area is 88.8 Å². The van der Waals surface area contributed by atoms with Crippen molar-refractivity contribution in [2.45, 2.75) is 52.5 Å². The number of nitrogens with zero attached hydrogens (tertiary/aromatic N) is 1. The summed E-state index contributed by atoms with van der Waals surface area (Å²) in [7, 11) is 0. The SMILES string of the molecule is CCC(CN)N1CCC(CC)(CC)C1. The highest BCUT2D eigenvalue weighted by atomic mass is 15.2. The summed E-state index contributed by atoms with van der Waals surface area (Å²) in [4.78, 5) is 2.60. The van der Waals surface area contributed by atoms with Gasteiger partial charge in [-0.05, 0) is 37.6 Å². The molecule has 0 bridgehead atoms. The predicted molar refractivity (Wildman–Crippen MR) is 62.3 cm³/mol. The van der Waals surface area contributed by atoms with E-state index in [9.17, 15) is 0 Å². The fraction of sp³-hybridized carbons (Fsp3) is 1.00. The zero-order valence-electron chi connectivity index (χ0n) is 10.1. The van der Waals surface area contributed by atoms with Crippen LogP contribution in [0.1, 0.15) is 46.5 Å². The van der Waals surface area contributed by atoms with Crippen molar-refractivity contribution in [3.05, 3.63) is 0 Å². The fourth-order valence-corrected chi connectivity index (χ4v) is 2.68. The van der Waals surface area contributed by atoms with Crippen LogP contribution in [0.15, 0.2) is 0 Å². The smallest absolute Gasteiger partial charge is 0.0216 e. The highest BCUT2D eigenvalue weighted by Gasteiger charge is 2.36. The molecule has 1 aliphatic heterocycles. The number of hydrogen-bond donors (Lipinski definition) is 1. The van der Waals surface area contributed by atoms with Gasteiger partial charge in [0, 0.05) is 19.1 Å². The fourth-order valence-electron chi connectivity index (χ4n) is 2.68. The van der Waals surface area contributed by atoms with Gasteiger partial charge >= 0.3 is 0 Å². The summed E-state index contributed by atoms with van der Waals surface area (Å²) in [5.41, 5.74) is 6.39. The number of likely N-dealkylation sites (tertiary alicyclic amines) is 1. The third-order valence-corrected chi connectivity index (χ3v) is 4.23. The highest BCUT2D eigenvalue weighted by Crippen LogP contribution is 2.37. The average molecular weight is 198 g/mol. The largest absolute Gasteiger partial charge is 0.329 e. The van der Waals surface area contributed by atoms with Gasteiger partial charge in [0.2, 0.25) is 0 Å². The van der Waals surface area contributed by atoms with Gasteiger partial charge in [-0.2, -0.15) is 0 Å². The van der Waals surface area contributed by atoms with Crippen molar-refractivity contribution in [3.63, 3.8) is 0 Å². The number of hydrogen-bond acceptors (Lipinski definition) is 2. The van der Waals surface area contributed by atoms with Gasteiger partial charge in [-0.1, -0.05) is 20.8 Å². The van der Waals surface area contributed by atoms with Crippen LogP contribution in [-0.4, -0.2) is 30.6 Å². The second kappa shape index (κ2) is 5.13. The Hall–Kier alpha value is -0.0800. The molecule has 0 radical (unpaired) electrons. The predicted octanol–water partition coefficient (Wildman–Crippen LogP) is 2.24. The minimum atomic E-state index is 0.600. The summed E-state index contributed by atoms with van der Waals surface area (Å²) in [6.07, 6.45) is 5.21. The molecule has 1 unspecified atom stereocenters. The van der Waals surface area contributed by atoms with Crippen molar-refractivity contribution in [3.8, 4) is 0 Å². The summed E-state index contributed by atoms with van der Waals surface area (Å²) >= 11 is 0. The summed E-state index contributed by atoms with van der Waals surface area (Å²) < 4.78 is 0. The Morgan fingerprint density at radius 1 is 1.29 bits per heavy atom. The van der Waals surface area contributed by atoms with Crippen LogP contribution < -0.4 is 5.73 Å².